The normalized spacial score (nSPS) is 14.5. The summed E-state index contributed by atoms with van der Waals surface area (Å²) in [6.07, 6.45) is 1.99. The Balaban J connectivity index is 2.57. The molecule has 0 unspecified atom stereocenters. The van der Waals surface area contributed by atoms with E-state index in [1.54, 1.807) is 0 Å². The second kappa shape index (κ2) is 5.13. The zero-order chi connectivity index (χ0) is 14.0. The van der Waals surface area contributed by atoms with E-state index in [1.807, 2.05) is 4.90 Å². The van der Waals surface area contributed by atoms with Crippen molar-refractivity contribution in [2.24, 2.45) is 5.73 Å². The fraction of sp³-hybridized carbons (Fsp3) is 0.417. The lowest BCUT2D eigenvalue weighted by Crippen LogP contribution is -2.20. The number of nitrogens with two attached hydrogens (primary N) is 1. The molecule has 0 saturated carbocycles. The monoisotopic (exact) mass is 265 g/mol. The van der Waals surface area contributed by atoms with Crippen LogP contribution in [-0.2, 0) is 0 Å². The molecule has 1 saturated heterocycles. The molecule has 1 aromatic carbocycles. The van der Waals surface area contributed by atoms with Crippen molar-refractivity contribution >= 4 is 17.3 Å². The molecule has 1 aliphatic rings. The first kappa shape index (κ1) is 13.1. The molecular weight excluding hydrogens is 250 g/mol. The molecule has 0 atom stereocenters. The molecule has 2 N–H and O–H groups in total. The molecule has 0 aromatic heterocycles. The van der Waals surface area contributed by atoms with E-state index in [0.29, 0.717) is 5.69 Å². The largest absolute Gasteiger partial charge is 0.496 e. The van der Waals surface area contributed by atoms with Crippen molar-refractivity contribution in [1.82, 2.24) is 0 Å². The summed E-state index contributed by atoms with van der Waals surface area (Å²) in [5.41, 5.74) is 5.59. The topological polar surface area (TPSA) is 98.7 Å². The van der Waals surface area contributed by atoms with Crippen LogP contribution in [-0.4, -0.2) is 31.0 Å². The summed E-state index contributed by atoms with van der Waals surface area (Å²) in [7, 11) is 1.40. The summed E-state index contributed by atoms with van der Waals surface area (Å²) in [6.45, 7) is 1.53. The Morgan fingerprint density at radius 1 is 1.42 bits per heavy atom. The predicted molar refractivity (Wildman–Crippen MR) is 69.6 cm³/mol. The van der Waals surface area contributed by atoms with E-state index in [-0.39, 0.29) is 17.0 Å². The van der Waals surface area contributed by atoms with Gasteiger partial charge in [0.2, 0.25) is 0 Å². The van der Waals surface area contributed by atoms with E-state index in [0.717, 1.165) is 25.9 Å². The first-order valence-corrected chi connectivity index (χ1v) is 5.95. The van der Waals surface area contributed by atoms with Crippen LogP contribution < -0.4 is 15.4 Å². The Labute approximate surface area is 110 Å². The zero-order valence-corrected chi connectivity index (χ0v) is 10.6. The summed E-state index contributed by atoms with van der Waals surface area (Å²) in [5.74, 6) is -0.479. The maximum Gasteiger partial charge on any atom is 0.293 e. The van der Waals surface area contributed by atoms with Gasteiger partial charge in [-0.05, 0) is 12.8 Å². The third-order valence-corrected chi connectivity index (χ3v) is 3.21. The Bertz CT molecular complexity index is 524. The van der Waals surface area contributed by atoms with Gasteiger partial charge in [-0.25, -0.2) is 0 Å². The molecule has 0 spiro atoms. The van der Waals surface area contributed by atoms with Crippen molar-refractivity contribution in [3.05, 3.63) is 27.8 Å². The van der Waals surface area contributed by atoms with Crippen LogP contribution in [0.5, 0.6) is 5.75 Å². The molecule has 2 rings (SSSR count). The number of rotatable bonds is 4. The molecule has 1 fully saturated rings. The molecular formula is C12H15N3O4. The van der Waals surface area contributed by atoms with E-state index in [1.165, 1.54) is 19.2 Å². The van der Waals surface area contributed by atoms with E-state index < -0.39 is 10.8 Å². The number of anilines is 1. The Hall–Kier alpha value is -2.31. The number of carbonyl (C=O) groups excluding carboxylic acids is 1. The average molecular weight is 265 g/mol. The standard InChI is InChI=1S/C12H15N3O4/c1-19-11-7-9(14-4-2-3-5-14)10(15(17)18)6-8(11)12(13)16/h6-7H,2-5H2,1H3,(H2,13,16). The highest BCUT2D eigenvalue weighted by atomic mass is 16.6. The second-order valence-corrected chi connectivity index (χ2v) is 4.36. The van der Waals surface area contributed by atoms with Gasteiger partial charge in [-0.1, -0.05) is 0 Å². The number of nitrogens with zero attached hydrogens (tertiary/aromatic N) is 2. The number of benzene rings is 1. The first-order valence-electron chi connectivity index (χ1n) is 5.95. The smallest absolute Gasteiger partial charge is 0.293 e. The number of hydrogen-bond acceptors (Lipinski definition) is 5. The van der Waals surface area contributed by atoms with E-state index in [9.17, 15) is 14.9 Å². The number of amides is 1. The maximum atomic E-state index is 11.3. The lowest BCUT2D eigenvalue weighted by molar-refractivity contribution is -0.384. The molecule has 1 heterocycles. The lowest BCUT2D eigenvalue weighted by Gasteiger charge is -2.19. The molecule has 0 aliphatic carbocycles. The number of hydrogen-bond donors (Lipinski definition) is 1. The third-order valence-electron chi connectivity index (χ3n) is 3.21. The molecule has 0 radical (unpaired) electrons. The number of ether oxygens (including phenoxy) is 1. The van der Waals surface area contributed by atoms with Gasteiger partial charge in [-0.3, -0.25) is 14.9 Å². The summed E-state index contributed by atoms with van der Waals surface area (Å²) in [4.78, 5) is 23.9. The maximum absolute atomic E-state index is 11.3. The molecule has 1 aromatic rings. The number of primary amides is 1. The first-order chi connectivity index (χ1) is 9.04. The van der Waals surface area contributed by atoms with Crippen LogP contribution >= 0.6 is 0 Å². The van der Waals surface area contributed by atoms with E-state index in [4.69, 9.17) is 10.5 Å². The summed E-state index contributed by atoms with van der Waals surface area (Å²) in [6, 6.07) is 2.71. The van der Waals surface area contributed by atoms with Gasteiger partial charge >= 0.3 is 0 Å². The fourth-order valence-corrected chi connectivity index (χ4v) is 2.28. The number of carbonyl (C=O) groups is 1. The minimum absolute atomic E-state index is 0.0251. The van der Waals surface area contributed by atoms with Crippen molar-refractivity contribution in [3.8, 4) is 5.75 Å². The lowest BCUT2D eigenvalue weighted by atomic mass is 10.1. The predicted octanol–water partition coefficient (Wildman–Crippen LogP) is 1.30. The van der Waals surface area contributed by atoms with Gasteiger partial charge in [0, 0.05) is 25.2 Å². The van der Waals surface area contributed by atoms with Crippen LogP contribution in [0, 0.1) is 10.1 Å². The highest BCUT2D eigenvalue weighted by molar-refractivity contribution is 5.97. The van der Waals surface area contributed by atoms with Gasteiger partial charge in [-0.15, -0.1) is 0 Å². The second-order valence-electron chi connectivity index (χ2n) is 4.36. The van der Waals surface area contributed by atoms with Crippen molar-refractivity contribution in [2.75, 3.05) is 25.1 Å². The fourth-order valence-electron chi connectivity index (χ4n) is 2.28. The van der Waals surface area contributed by atoms with Gasteiger partial charge in [0.1, 0.15) is 11.4 Å². The summed E-state index contributed by atoms with van der Waals surface area (Å²) >= 11 is 0. The molecule has 102 valence electrons. The van der Waals surface area contributed by atoms with Crippen LogP contribution in [0.25, 0.3) is 0 Å². The summed E-state index contributed by atoms with van der Waals surface area (Å²) in [5, 5.41) is 11.1. The highest BCUT2D eigenvalue weighted by Crippen LogP contribution is 2.36. The van der Waals surface area contributed by atoms with Gasteiger partial charge < -0.3 is 15.4 Å². The molecule has 7 nitrogen and oxygen atoms in total. The van der Waals surface area contributed by atoms with Crippen molar-refractivity contribution in [3.63, 3.8) is 0 Å². The average Bonchev–Trinajstić information content (AvgIpc) is 2.90. The van der Waals surface area contributed by atoms with Gasteiger partial charge in [0.15, 0.2) is 0 Å². The van der Waals surface area contributed by atoms with Crippen molar-refractivity contribution in [1.29, 1.82) is 0 Å². The van der Waals surface area contributed by atoms with Gasteiger partial charge in [-0.2, -0.15) is 0 Å². The molecule has 1 amide bonds. The highest BCUT2D eigenvalue weighted by Gasteiger charge is 2.26. The molecule has 7 heteroatoms. The molecule has 19 heavy (non-hydrogen) atoms. The number of nitro groups is 1. The van der Waals surface area contributed by atoms with Crippen molar-refractivity contribution in [2.45, 2.75) is 12.8 Å². The summed E-state index contributed by atoms with van der Waals surface area (Å²) < 4.78 is 5.09. The van der Waals surface area contributed by atoms with Gasteiger partial charge in [0.05, 0.1) is 17.6 Å². The van der Waals surface area contributed by atoms with Crippen LogP contribution in [0.15, 0.2) is 12.1 Å². The minimum Gasteiger partial charge on any atom is -0.496 e. The molecule has 0 bridgehead atoms. The Kier molecular flexibility index (Phi) is 3.55. The molecule has 1 aliphatic heterocycles. The van der Waals surface area contributed by atoms with Crippen molar-refractivity contribution < 1.29 is 14.5 Å². The quantitative estimate of drug-likeness (QED) is 0.653. The Morgan fingerprint density at radius 2 is 2.05 bits per heavy atom. The van der Waals surface area contributed by atoms with E-state index in [2.05, 4.69) is 0 Å². The zero-order valence-electron chi connectivity index (χ0n) is 10.6. The van der Waals surface area contributed by atoms with Crippen LogP contribution in [0.3, 0.4) is 0 Å². The van der Waals surface area contributed by atoms with E-state index >= 15 is 0 Å². The Morgan fingerprint density at radius 3 is 2.53 bits per heavy atom. The van der Waals surface area contributed by atoms with Crippen LogP contribution in [0.4, 0.5) is 11.4 Å². The third kappa shape index (κ3) is 2.44. The van der Waals surface area contributed by atoms with Gasteiger partial charge in [0.25, 0.3) is 11.6 Å². The van der Waals surface area contributed by atoms with Crippen LogP contribution in [0.2, 0.25) is 0 Å². The SMILES string of the molecule is COc1cc(N2CCCC2)c([N+](=O)[O-])cc1C(N)=O. The number of methoxy groups -OCH3 is 1. The van der Waals surface area contributed by atoms with Crippen LogP contribution in [0.1, 0.15) is 23.2 Å². The minimum atomic E-state index is -0.743. The number of nitro benzene ring substituents is 1.